The summed E-state index contributed by atoms with van der Waals surface area (Å²) in [6.07, 6.45) is 8.20. The monoisotopic (exact) mass is 237 g/mol. The number of rotatable bonds is 10. The van der Waals surface area contributed by atoms with Crippen LogP contribution in [0.3, 0.4) is 0 Å². The van der Waals surface area contributed by atoms with Gasteiger partial charge < -0.3 is 0 Å². The van der Waals surface area contributed by atoms with Crippen molar-refractivity contribution in [2.24, 2.45) is 15.0 Å². The van der Waals surface area contributed by atoms with E-state index < -0.39 is 0 Å². The van der Waals surface area contributed by atoms with Crippen LogP contribution < -0.4 is 0 Å². The van der Waals surface area contributed by atoms with Crippen LogP contribution in [0.15, 0.2) is 15.0 Å². The number of hydrogen-bond donors (Lipinski definition) is 0. The Morgan fingerprint density at radius 2 is 1.35 bits per heavy atom. The van der Waals surface area contributed by atoms with Gasteiger partial charge in [0.15, 0.2) is 0 Å². The average molecular weight is 237 g/mol. The zero-order valence-electron chi connectivity index (χ0n) is 9.59. The fourth-order valence-corrected chi connectivity index (χ4v) is 1.42. The first-order valence-electron chi connectivity index (χ1n) is 5.49. The molecule has 0 aliphatic carbocycles. The second-order valence-corrected chi connectivity index (χ2v) is 3.46. The van der Waals surface area contributed by atoms with Crippen molar-refractivity contribution < 1.29 is 14.4 Å². The van der Waals surface area contributed by atoms with Crippen molar-refractivity contribution in [2.45, 2.75) is 38.1 Å². The van der Waals surface area contributed by atoms with E-state index in [9.17, 15) is 14.4 Å². The fourth-order valence-electron chi connectivity index (χ4n) is 1.42. The van der Waals surface area contributed by atoms with Crippen molar-refractivity contribution in [3.05, 3.63) is 0 Å². The van der Waals surface area contributed by atoms with E-state index >= 15 is 0 Å². The lowest BCUT2D eigenvalue weighted by Crippen LogP contribution is -2.05. The molecule has 0 amide bonds. The maximum atomic E-state index is 10.2. The van der Waals surface area contributed by atoms with Gasteiger partial charge in [0.1, 0.15) is 0 Å². The Kier molecular flexibility index (Phi) is 10.9. The summed E-state index contributed by atoms with van der Waals surface area (Å²) in [4.78, 5) is 40.4. The summed E-state index contributed by atoms with van der Waals surface area (Å²) in [5.74, 6) is 0. The third-order valence-electron chi connectivity index (χ3n) is 2.23. The maximum absolute atomic E-state index is 10.2. The third kappa shape index (κ3) is 10.4. The lowest BCUT2D eigenvalue weighted by molar-refractivity contribution is 0.508. The SMILES string of the molecule is O=C=NCCCCC(CCCN=C=O)N=C=O. The molecule has 0 spiro atoms. The lowest BCUT2D eigenvalue weighted by atomic mass is 10.1. The Hall–Kier alpha value is -1.86. The molecule has 92 valence electrons. The highest BCUT2D eigenvalue weighted by Gasteiger charge is 2.06. The molecule has 0 saturated heterocycles. The molecular formula is C11H15N3O3. The Balaban J connectivity index is 3.77. The first kappa shape index (κ1) is 15.1. The van der Waals surface area contributed by atoms with Crippen molar-refractivity contribution in [2.75, 3.05) is 13.1 Å². The van der Waals surface area contributed by atoms with Gasteiger partial charge in [0.2, 0.25) is 18.2 Å². The predicted molar refractivity (Wildman–Crippen MR) is 61.0 cm³/mol. The van der Waals surface area contributed by atoms with Gasteiger partial charge in [-0.2, -0.15) is 0 Å². The van der Waals surface area contributed by atoms with E-state index in [2.05, 4.69) is 15.0 Å². The smallest absolute Gasteiger partial charge is 0.211 e. The highest BCUT2D eigenvalue weighted by atomic mass is 16.1. The largest absolute Gasteiger partial charge is 0.235 e. The molecule has 1 atom stereocenters. The van der Waals surface area contributed by atoms with Crippen molar-refractivity contribution in [1.29, 1.82) is 0 Å². The standard InChI is InChI=1S/C11H15N3O3/c15-8-12-6-2-1-4-11(14-10-17)5-3-7-13-9-16/h11H,1-7H2. The van der Waals surface area contributed by atoms with E-state index in [0.29, 0.717) is 25.9 Å². The van der Waals surface area contributed by atoms with E-state index in [1.807, 2.05) is 0 Å². The topological polar surface area (TPSA) is 88.3 Å². The lowest BCUT2D eigenvalue weighted by Gasteiger charge is -2.08. The van der Waals surface area contributed by atoms with Crippen LogP contribution in [0, 0.1) is 0 Å². The molecule has 0 fully saturated rings. The van der Waals surface area contributed by atoms with Crippen LogP contribution in [0.25, 0.3) is 0 Å². The van der Waals surface area contributed by atoms with Gasteiger partial charge in [0.25, 0.3) is 0 Å². The number of nitrogens with zero attached hydrogens (tertiary/aromatic N) is 3. The Labute approximate surface area is 99.6 Å². The number of aliphatic imine (C=N–C) groups is 3. The summed E-state index contributed by atoms with van der Waals surface area (Å²) in [6, 6.07) is -0.0884. The van der Waals surface area contributed by atoms with Gasteiger partial charge in [-0.25, -0.2) is 29.4 Å². The van der Waals surface area contributed by atoms with Crippen molar-refractivity contribution in [3.63, 3.8) is 0 Å². The normalized spacial score (nSPS) is 10.6. The predicted octanol–water partition coefficient (Wildman–Crippen LogP) is 1.31. The molecular weight excluding hydrogens is 222 g/mol. The minimum absolute atomic E-state index is 0.0884. The molecule has 0 saturated carbocycles. The highest BCUT2D eigenvalue weighted by molar-refractivity contribution is 5.33. The molecule has 17 heavy (non-hydrogen) atoms. The number of unbranched alkanes of at least 4 members (excludes halogenated alkanes) is 1. The molecule has 0 heterocycles. The van der Waals surface area contributed by atoms with E-state index in [1.165, 1.54) is 12.2 Å². The molecule has 0 aliphatic rings. The zero-order valence-corrected chi connectivity index (χ0v) is 9.59. The molecule has 6 nitrogen and oxygen atoms in total. The van der Waals surface area contributed by atoms with Crippen molar-refractivity contribution in [3.8, 4) is 0 Å². The molecule has 0 radical (unpaired) electrons. The molecule has 6 heteroatoms. The molecule has 0 aromatic rings. The third-order valence-corrected chi connectivity index (χ3v) is 2.23. The summed E-state index contributed by atoms with van der Waals surface area (Å²) in [6.45, 7) is 0.861. The molecule has 0 bridgehead atoms. The van der Waals surface area contributed by atoms with Crippen molar-refractivity contribution in [1.82, 2.24) is 0 Å². The van der Waals surface area contributed by atoms with Gasteiger partial charge in [-0.15, -0.1) is 0 Å². The number of hydrogen-bond acceptors (Lipinski definition) is 6. The average Bonchev–Trinajstić information content (AvgIpc) is 2.34. The molecule has 0 aromatic heterocycles. The van der Waals surface area contributed by atoms with E-state index in [1.54, 1.807) is 6.08 Å². The van der Waals surface area contributed by atoms with Crippen LogP contribution in [0.4, 0.5) is 0 Å². The molecule has 1 unspecified atom stereocenters. The van der Waals surface area contributed by atoms with Gasteiger partial charge in [-0.1, -0.05) is 0 Å². The van der Waals surface area contributed by atoms with Gasteiger partial charge in [0.05, 0.1) is 19.1 Å². The second-order valence-electron chi connectivity index (χ2n) is 3.46. The highest BCUT2D eigenvalue weighted by Crippen LogP contribution is 2.10. The Morgan fingerprint density at radius 3 is 1.94 bits per heavy atom. The summed E-state index contributed by atoms with van der Waals surface area (Å²) in [5.41, 5.74) is 0. The van der Waals surface area contributed by atoms with Crippen molar-refractivity contribution >= 4 is 18.2 Å². The summed E-state index contributed by atoms with van der Waals surface area (Å²) in [7, 11) is 0. The minimum atomic E-state index is -0.0884. The molecule has 0 aliphatic heterocycles. The van der Waals surface area contributed by atoms with Gasteiger partial charge in [-0.05, 0) is 32.1 Å². The summed E-state index contributed by atoms with van der Waals surface area (Å²) >= 11 is 0. The van der Waals surface area contributed by atoms with E-state index in [-0.39, 0.29) is 6.04 Å². The zero-order chi connectivity index (χ0) is 12.8. The van der Waals surface area contributed by atoms with E-state index in [0.717, 1.165) is 19.3 Å². The van der Waals surface area contributed by atoms with Crippen LogP contribution in [0.5, 0.6) is 0 Å². The first-order valence-corrected chi connectivity index (χ1v) is 5.49. The first-order chi connectivity index (χ1) is 8.35. The molecule has 0 aromatic carbocycles. The van der Waals surface area contributed by atoms with Crippen LogP contribution in [-0.4, -0.2) is 37.4 Å². The minimum Gasteiger partial charge on any atom is -0.211 e. The van der Waals surface area contributed by atoms with Crippen LogP contribution in [0.1, 0.15) is 32.1 Å². The fraction of sp³-hybridized carbons (Fsp3) is 0.727. The van der Waals surface area contributed by atoms with Crippen LogP contribution in [-0.2, 0) is 14.4 Å². The molecule has 0 rings (SSSR count). The number of carbonyl (C=O) groups excluding carboxylic acids is 3. The Morgan fingerprint density at radius 1 is 0.765 bits per heavy atom. The van der Waals surface area contributed by atoms with Gasteiger partial charge in [0, 0.05) is 0 Å². The Bertz CT molecular complexity index is 338. The van der Waals surface area contributed by atoms with Gasteiger partial charge >= 0.3 is 0 Å². The van der Waals surface area contributed by atoms with Crippen LogP contribution >= 0.6 is 0 Å². The molecule has 0 N–H and O–H groups in total. The summed E-state index contributed by atoms with van der Waals surface area (Å²) < 4.78 is 0. The quantitative estimate of drug-likeness (QED) is 0.326. The maximum Gasteiger partial charge on any atom is 0.235 e. The van der Waals surface area contributed by atoms with Crippen LogP contribution in [0.2, 0.25) is 0 Å². The van der Waals surface area contributed by atoms with E-state index in [4.69, 9.17) is 0 Å². The number of isocyanates is 3. The second kappa shape index (κ2) is 12.2. The summed E-state index contributed by atoms with van der Waals surface area (Å²) in [5, 5.41) is 0. The van der Waals surface area contributed by atoms with Gasteiger partial charge in [-0.3, -0.25) is 0 Å².